The molecule has 0 aromatic heterocycles. The van der Waals surface area contributed by atoms with Crippen LogP contribution in [0, 0.1) is 0 Å². The van der Waals surface area contributed by atoms with Gasteiger partial charge in [-0.25, -0.2) is 0 Å². The highest BCUT2D eigenvalue weighted by Crippen LogP contribution is 2.32. The lowest BCUT2D eigenvalue weighted by molar-refractivity contribution is -0.122. The summed E-state index contributed by atoms with van der Waals surface area (Å²) in [5, 5.41) is 0.658. The Morgan fingerprint density at radius 3 is 2.61 bits per heavy atom. The first-order chi connectivity index (χ1) is 11.0. The molecular formula is C16H17ClN2O2S2. The largest absolute Gasteiger partial charge is 0.370 e. The van der Waals surface area contributed by atoms with E-state index in [2.05, 4.69) is 0 Å². The summed E-state index contributed by atoms with van der Waals surface area (Å²) < 4.78 is 0.574. The third-order valence-corrected chi connectivity index (χ3v) is 4.98. The van der Waals surface area contributed by atoms with Crippen LogP contribution in [0.2, 0.25) is 5.02 Å². The number of nitrogens with two attached hydrogens (primary N) is 1. The van der Waals surface area contributed by atoms with Gasteiger partial charge in [0.15, 0.2) is 0 Å². The fraction of sp³-hybridized carbons (Fsp3) is 0.312. The third kappa shape index (κ3) is 5.34. The van der Waals surface area contributed by atoms with Crippen molar-refractivity contribution in [3.8, 4) is 0 Å². The Morgan fingerprint density at radius 2 is 1.96 bits per heavy atom. The van der Waals surface area contributed by atoms with Crippen molar-refractivity contribution in [1.82, 2.24) is 4.90 Å². The molecule has 0 atom stereocenters. The second kappa shape index (κ2) is 8.47. The number of benzene rings is 1. The highest BCUT2D eigenvalue weighted by Gasteiger charge is 2.31. The van der Waals surface area contributed by atoms with Gasteiger partial charge in [-0.2, -0.15) is 0 Å². The lowest BCUT2D eigenvalue weighted by Gasteiger charge is -2.13. The van der Waals surface area contributed by atoms with E-state index in [1.807, 2.05) is 18.2 Å². The van der Waals surface area contributed by atoms with Gasteiger partial charge in [-0.3, -0.25) is 14.5 Å². The molecule has 7 heteroatoms. The number of nitrogens with zero attached hydrogens (tertiary/aromatic N) is 1. The van der Waals surface area contributed by atoms with Gasteiger partial charge in [-0.1, -0.05) is 54.1 Å². The van der Waals surface area contributed by atoms with E-state index in [0.717, 1.165) is 24.8 Å². The van der Waals surface area contributed by atoms with E-state index >= 15 is 0 Å². The van der Waals surface area contributed by atoms with Gasteiger partial charge >= 0.3 is 0 Å². The van der Waals surface area contributed by atoms with Crippen molar-refractivity contribution in [3.05, 3.63) is 39.8 Å². The molecule has 1 aliphatic heterocycles. The summed E-state index contributed by atoms with van der Waals surface area (Å²) in [5.41, 5.74) is 6.01. The average molecular weight is 369 g/mol. The van der Waals surface area contributed by atoms with E-state index in [4.69, 9.17) is 29.6 Å². The van der Waals surface area contributed by atoms with E-state index < -0.39 is 0 Å². The standard InChI is InChI=1S/C16H17ClN2O2S2/c17-12-7-5-11(6-8-12)10-13-15(21)19(16(22)23-13)9-3-1-2-4-14(18)20/h5-8,10H,1-4,9H2,(H2,18,20)/b13-10-. The number of primary amides is 1. The molecule has 1 heterocycles. The zero-order valence-electron chi connectivity index (χ0n) is 12.5. The zero-order chi connectivity index (χ0) is 16.8. The first-order valence-electron chi connectivity index (χ1n) is 7.26. The molecule has 1 saturated heterocycles. The minimum Gasteiger partial charge on any atom is -0.370 e. The molecule has 1 aliphatic rings. The molecule has 2 N–H and O–H groups in total. The first-order valence-corrected chi connectivity index (χ1v) is 8.87. The first kappa shape index (κ1) is 18.0. The number of thiocarbonyl (C=S) groups is 1. The number of rotatable bonds is 7. The third-order valence-electron chi connectivity index (χ3n) is 3.35. The van der Waals surface area contributed by atoms with Crippen LogP contribution in [0.15, 0.2) is 29.2 Å². The molecule has 2 rings (SSSR count). The van der Waals surface area contributed by atoms with Crippen LogP contribution < -0.4 is 5.73 Å². The van der Waals surface area contributed by atoms with Gasteiger partial charge in [0, 0.05) is 18.0 Å². The molecule has 1 fully saturated rings. The number of amides is 2. The average Bonchev–Trinajstić information content (AvgIpc) is 2.76. The number of hydrogen-bond acceptors (Lipinski definition) is 4. The van der Waals surface area contributed by atoms with Crippen molar-refractivity contribution in [3.63, 3.8) is 0 Å². The second-order valence-electron chi connectivity index (χ2n) is 5.16. The minimum absolute atomic E-state index is 0.0650. The Hall–Kier alpha value is -1.37. The Kier molecular flexibility index (Phi) is 6.62. The molecule has 0 saturated carbocycles. The van der Waals surface area contributed by atoms with Crippen LogP contribution in [0.25, 0.3) is 6.08 Å². The quantitative estimate of drug-likeness (QED) is 0.454. The maximum absolute atomic E-state index is 12.4. The summed E-state index contributed by atoms with van der Waals surface area (Å²) in [7, 11) is 0. The van der Waals surface area contributed by atoms with Crippen LogP contribution in [0.4, 0.5) is 0 Å². The fourth-order valence-electron chi connectivity index (χ4n) is 2.15. The monoisotopic (exact) mass is 368 g/mol. The SMILES string of the molecule is NC(=O)CCCCCN1C(=O)/C(=C/c2ccc(Cl)cc2)SC1=S. The van der Waals surface area contributed by atoms with Crippen LogP contribution in [-0.2, 0) is 9.59 Å². The van der Waals surface area contributed by atoms with Crippen LogP contribution in [0.5, 0.6) is 0 Å². The zero-order valence-corrected chi connectivity index (χ0v) is 14.8. The van der Waals surface area contributed by atoms with E-state index in [0.29, 0.717) is 27.2 Å². The maximum Gasteiger partial charge on any atom is 0.266 e. The summed E-state index contributed by atoms with van der Waals surface area (Å²) in [5.74, 6) is -0.355. The second-order valence-corrected chi connectivity index (χ2v) is 7.27. The van der Waals surface area contributed by atoms with Gasteiger partial charge in [0.1, 0.15) is 4.32 Å². The molecule has 1 aromatic carbocycles. The Balaban J connectivity index is 1.91. The minimum atomic E-state index is -0.290. The van der Waals surface area contributed by atoms with Crippen LogP contribution in [0.1, 0.15) is 31.2 Å². The lowest BCUT2D eigenvalue weighted by atomic mass is 10.2. The molecule has 23 heavy (non-hydrogen) atoms. The molecular weight excluding hydrogens is 352 g/mol. The van der Waals surface area contributed by atoms with Crippen molar-refractivity contribution in [2.45, 2.75) is 25.7 Å². The summed E-state index contributed by atoms with van der Waals surface area (Å²) in [6.45, 7) is 0.571. The molecule has 4 nitrogen and oxygen atoms in total. The predicted octanol–water partition coefficient (Wildman–Crippen LogP) is 3.59. The van der Waals surface area contributed by atoms with E-state index in [-0.39, 0.29) is 11.8 Å². The highest BCUT2D eigenvalue weighted by atomic mass is 35.5. The summed E-state index contributed by atoms with van der Waals surface area (Å²) in [6.07, 6.45) is 4.59. The van der Waals surface area contributed by atoms with Gasteiger partial charge in [0.2, 0.25) is 5.91 Å². The van der Waals surface area contributed by atoms with Crippen LogP contribution in [-0.4, -0.2) is 27.6 Å². The number of carbonyl (C=O) groups is 2. The van der Waals surface area contributed by atoms with Crippen molar-refractivity contribution >= 4 is 57.8 Å². The fourth-order valence-corrected chi connectivity index (χ4v) is 3.58. The number of unbranched alkanes of at least 4 members (excludes halogenated alkanes) is 2. The number of carbonyl (C=O) groups excluding carboxylic acids is 2. The molecule has 0 aliphatic carbocycles. The molecule has 0 spiro atoms. The highest BCUT2D eigenvalue weighted by molar-refractivity contribution is 8.26. The molecule has 0 unspecified atom stereocenters. The van der Waals surface area contributed by atoms with Crippen LogP contribution in [0.3, 0.4) is 0 Å². The van der Waals surface area contributed by atoms with Gasteiger partial charge in [-0.05, 0) is 36.6 Å². The topological polar surface area (TPSA) is 63.4 Å². The number of hydrogen-bond donors (Lipinski definition) is 1. The van der Waals surface area contributed by atoms with Gasteiger partial charge in [-0.15, -0.1) is 0 Å². The summed E-state index contributed by atoms with van der Waals surface area (Å²) in [6, 6.07) is 7.29. The Morgan fingerprint density at radius 1 is 1.26 bits per heavy atom. The molecule has 2 amide bonds. The molecule has 0 radical (unpaired) electrons. The van der Waals surface area contributed by atoms with Crippen molar-refractivity contribution < 1.29 is 9.59 Å². The Bertz CT molecular complexity index is 644. The smallest absolute Gasteiger partial charge is 0.266 e. The van der Waals surface area contributed by atoms with Gasteiger partial charge in [0.25, 0.3) is 5.91 Å². The number of halogens is 1. The normalized spacial score (nSPS) is 16.4. The van der Waals surface area contributed by atoms with Crippen molar-refractivity contribution in [2.24, 2.45) is 5.73 Å². The van der Waals surface area contributed by atoms with E-state index in [1.165, 1.54) is 11.8 Å². The van der Waals surface area contributed by atoms with E-state index in [9.17, 15) is 9.59 Å². The number of thioether (sulfide) groups is 1. The van der Waals surface area contributed by atoms with Crippen molar-refractivity contribution in [1.29, 1.82) is 0 Å². The van der Waals surface area contributed by atoms with Crippen LogP contribution >= 0.6 is 35.6 Å². The summed E-state index contributed by atoms with van der Waals surface area (Å²) >= 11 is 12.4. The summed E-state index contributed by atoms with van der Waals surface area (Å²) in [4.78, 5) is 25.3. The molecule has 122 valence electrons. The molecule has 1 aromatic rings. The van der Waals surface area contributed by atoms with E-state index in [1.54, 1.807) is 17.0 Å². The molecule has 0 bridgehead atoms. The maximum atomic E-state index is 12.4. The van der Waals surface area contributed by atoms with Gasteiger partial charge in [0.05, 0.1) is 4.91 Å². The van der Waals surface area contributed by atoms with Gasteiger partial charge < -0.3 is 5.73 Å². The van der Waals surface area contributed by atoms with Crippen molar-refractivity contribution in [2.75, 3.05) is 6.54 Å². The Labute approximate surface area is 150 Å². The predicted molar refractivity (Wildman–Crippen MR) is 99.0 cm³/mol. The lowest BCUT2D eigenvalue weighted by Crippen LogP contribution is -2.29.